The first-order valence-corrected chi connectivity index (χ1v) is 4.49. The number of rotatable bonds is 2. The van der Waals surface area contributed by atoms with Crippen LogP contribution in [0, 0.1) is 17.8 Å². The van der Waals surface area contributed by atoms with Crippen molar-refractivity contribution in [3.8, 4) is 11.8 Å². The molecule has 1 aromatic carbocycles. The number of nitrogens with two attached hydrogens (primary N) is 1. The van der Waals surface area contributed by atoms with Gasteiger partial charge in [-0.25, -0.2) is 0 Å². The van der Waals surface area contributed by atoms with Crippen molar-refractivity contribution in [3.63, 3.8) is 0 Å². The van der Waals surface area contributed by atoms with Crippen LogP contribution in [0.25, 0.3) is 0 Å². The molecule has 0 saturated heterocycles. The van der Waals surface area contributed by atoms with Crippen molar-refractivity contribution in [2.75, 3.05) is 5.73 Å². The third-order valence-electron chi connectivity index (χ3n) is 1.91. The summed E-state index contributed by atoms with van der Waals surface area (Å²) in [7, 11) is 0. The molecule has 1 aromatic rings. The Morgan fingerprint density at radius 2 is 1.92 bits per heavy atom. The van der Waals surface area contributed by atoms with Gasteiger partial charge in [0.25, 0.3) is 0 Å². The molecule has 0 radical (unpaired) electrons. The summed E-state index contributed by atoms with van der Waals surface area (Å²) in [6, 6.07) is 7.98. The Morgan fingerprint density at radius 3 is 2.46 bits per heavy atom. The van der Waals surface area contributed by atoms with Gasteiger partial charge in [-0.3, -0.25) is 0 Å². The molecule has 1 heteroatoms. The lowest BCUT2D eigenvalue weighted by Crippen LogP contribution is -1.96. The van der Waals surface area contributed by atoms with Crippen LogP contribution in [0.3, 0.4) is 0 Å². The van der Waals surface area contributed by atoms with E-state index in [1.807, 2.05) is 19.1 Å². The number of hydrogen-bond donors (Lipinski definition) is 1. The van der Waals surface area contributed by atoms with E-state index in [1.165, 1.54) is 5.56 Å². The molecular formula is C12H15N. The van der Waals surface area contributed by atoms with Gasteiger partial charge in [0, 0.05) is 11.6 Å². The summed E-state index contributed by atoms with van der Waals surface area (Å²) in [6.45, 7) is 4.01. The lowest BCUT2D eigenvalue weighted by molar-refractivity contribution is 0.750. The van der Waals surface area contributed by atoms with Gasteiger partial charge in [-0.2, -0.15) is 0 Å². The third-order valence-corrected chi connectivity index (χ3v) is 1.91. The number of nitrogen functional groups attached to an aromatic ring is 1. The van der Waals surface area contributed by atoms with E-state index in [0.29, 0.717) is 5.92 Å². The van der Waals surface area contributed by atoms with Crippen LogP contribution in [0.2, 0.25) is 0 Å². The Labute approximate surface area is 80.0 Å². The zero-order valence-electron chi connectivity index (χ0n) is 8.17. The summed E-state index contributed by atoms with van der Waals surface area (Å²) < 4.78 is 0. The van der Waals surface area contributed by atoms with Gasteiger partial charge in [0.1, 0.15) is 0 Å². The SMILES string of the molecule is CC#CC(C)Cc1ccc(N)cc1. The Kier molecular flexibility index (Phi) is 3.40. The van der Waals surface area contributed by atoms with E-state index >= 15 is 0 Å². The molecule has 1 nitrogen and oxygen atoms in total. The van der Waals surface area contributed by atoms with Crippen LogP contribution in [0.15, 0.2) is 24.3 Å². The first-order valence-electron chi connectivity index (χ1n) is 4.49. The second kappa shape index (κ2) is 4.57. The topological polar surface area (TPSA) is 26.0 Å². The van der Waals surface area contributed by atoms with Crippen LogP contribution >= 0.6 is 0 Å². The van der Waals surface area contributed by atoms with E-state index in [9.17, 15) is 0 Å². The Morgan fingerprint density at radius 1 is 1.31 bits per heavy atom. The van der Waals surface area contributed by atoms with Crippen molar-refractivity contribution < 1.29 is 0 Å². The number of hydrogen-bond acceptors (Lipinski definition) is 1. The van der Waals surface area contributed by atoms with E-state index in [1.54, 1.807) is 0 Å². The monoisotopic (exact) mass is 173 g/mol. The summed E-state index contributed by atoms with van der Waals surface area (Å²) in [4.78, 5) is 0. The first kappa shape index (κ1) is 9.67. The second-order valence-corrected chi connectivity index (χ2v) is 3.24. The van der Waals surface area contributed by atoms with Crippen LogP contribution in [0.4, 0.5) is 5.69 Å². The maximum absolute atomic E-state index is 5.59. The average molecular weight is 173 g/mol. The highest BCUT2D eigenvalue weighted by Crippen LogP contribution is 2.10. The van der Waals surface area contributed by atoms with Gasteiger partial charge in [-0.1, -0.05) is 19.1 Å². The van der Waals surface area contributed by atoms with Crippen LogP contribution in [-0.2, 0) is 6.42 Å². The van der Waals surface area contributed by atoms with E-state index in [4.69, 9.17) is 5.73 Å². The van der Waals surface area contributed by atoms with Crippen molar-refractivity contribution in [1.29, 1.82) is 0 Å². The molecule has 0 saturated carbocycles. The van der Waals surface area contributed by atoms with Crippen LogP contribution in [0.1, 0.15) is 19.4 Å². The van der Waals surface area contributed by atoms with E-state index in [0.717, 1.165) is 12.1 Å². The zero-order chi connectivity index (χ0) is 9.68. The fourth-order valence-corrected chi connectivity index (χ4v) is 1.30. The molecule has 0 bridgehead atoms. The Balaban J connectivity index is 2.62. The highest BCUT2D eigenvalue weighted by atomic mass is 14.5. The summed E-state index contributed by atoms with van der Waals surface area (Å²) in [5.74, 6) is 6.48. The molecule has 0 aromatic heterocycles. The largest absolute Gasteiger partial charge is 0.399 e. The van der Waals surface area contributed by atoms with E-state index in [-0.39, 0.29) is 0 Å². The Hall–Kier alpha value is -1.42. The van der Waals surface area contributed by atoms with E-state index < -0.39 is 0 Å². The van der Waals surface area contributed by atoms with Gasteiger partial charge in [0.15, 0.2) is 0 Å². The lowest BCUT2D eigenvalue weighted by Gasteiger charge is -2.04. The quantitative estimate of drug-likeness (QED) is 0.539. The van der Waals surface area contributed by atoms with Crippen LogP contribution in [0.5, 0.6) is 0 Å². The summed E-state index contributed by atoms with van der Waals surface area (Å²) in [5, 5.41) is 0. The molecule has 68 valence electrons. The summed E-state index contributed by atoms with van der Waals surface area (Å²) >= 11 is 0. The molecular weight excluding hydrogens is 158 g/mol. The molecule has 1 rings (SSSR count). The van der Waals surface area contributed by atoms with Crippen molar-refractivity contribution in [3.05, 3.63) is 29.8 Å². The predicted molar refractivity (Wildman–Crippen MR) is 57.2 cm³/mol. The standard InChI is InChI=1S/C12H15N/c1-3-4-10(2)9-11-5-7-12(13)8-6-11/h5-8,10H,9,13H2,1-2H3. The summed E-state index contributed by atoms with van der Waals surface area (Å²) in [5.41, 5.74) is 7.70. The van der Waals surface area contributed by atoms with Gasteiger partial charge in [-0.15, -0.1) is 11.8 Å². The molecule has 2 N–H and O–H groups in total. The van der Waals surface area contributed by atoms with Gasteiger partial charge in [0.05, 0.1) is 0 Å². The molecule has 0 fully saturated rings. The van der Waals surface area contributed by atoms with Gasteiger partial charge in [0.2, 0.25) is 0 Å². The maximum Gasteiger partial charge on any atom is 0.0314 e. The minimum atomic E-state index is 0.425. The molecule has 0 aliphatic rings. The van der Waals surface area contributed by atoms with Crippen LogP contribution in [-0.4, -0.2) is 0 Å². The fourth-order valence-electron chi connectivity index (χ4n) is 1.30. The van der Waals surface area contributed by atoms with Gasteiger partial charge in [-0.05, 0) is 31.0 Å². The lowest BCUT2D eigenvalue weighted by atomic mass is 10.0. The minimum absolute atomic E-state index is 0.425. The molecule has 0 heterocycles. The maximum atomic E-state index is 5.59. The van der Waals surface area contributed by atoms with Crippen molar-refractivity contribution in [1.82, 2.24) is 0 Å². The highest BCUT2D eigenvalue weighted by molar-refractivity contribution is 5.39. The minimum Gasteiger partial charge on any atom is -0.399 e. The second-order valence-electron chi connectivity index (χ2n) is 3.24. The van der Waals surface area contributed by atoms with Crippen molar-refractivity contribution >= 4 is 5.69 Å². The fraction of sp³-hybridized carbons (Fsp3) is 0.333. The molecule has 0 aliphatic heterocycles. The predicted octanol–water partition coefficient (Wildman–Crippen LogP) is 2.47. The smallest absolute Gasteiger partial charge is 0.0314 e. The average Bonchev–Trinajstić information content (AvgIpc) is 2.09. The highest BCUT2D eigenvalue weighted by Gasteiger charge is 1.98. The first-order chi connectivity index (χ1) is 6.22. The zero-order valence-corrected chi connectivity index (χ0v) is 8.17. The summed E-state index contributed by atoms with van der Waals surface area (Å²) in [6.07, 6.45) is 1.00. The molecule has 1 unspecified atom stereocenters. The van der Waals surface area contributed by atoms with Gasteiger partial charge >= 0.3 is 0 Å². The molecule has 1 atom stereocenters. The molecule has 0 aliphatic carbocycles. The van der Waals surface area contributed by atoms with Gasteiger partial charge < -0.3 is 5.73 Å². The van der Waals surface area contributed by atoms with E-state index in [2.05, 4.69) is 30.9 Å². The molecule has 0 spiro atoms. The van der Waals surface area contributed by atoms with Crippen molar-refractivity contribution in [2.24, 2.45) is 5.92 Å². The molecule has 13 heavy (non-hydrogen) atoms. The normalized spacial score (nSPS) is 11.5. The number of anilines is 1. The third kappa shape index (κ3) is 3.21. The Bertz CT molecular complexity index is 313. The van der Waals surface area contributed by atoms with Crippen LogP contribution < -0.4 is 5.73 Å². The number of benzene rings is 1. The molecule has 0 amide bonds. The van der Waals surface area contributed by atoms with Crippen molar-refractivity contribution in [2.45, 2.75) is 20.3 Å².